The highest BCUT2D eigenvalue weighted by Crippen LogP contribution is 2.61. The first kappa shape index (κ1) is 17.4. The molecular weight excluding hydrogens is 224 g/mol. The van der Waals surface area contributed by atoms with Gasteiger partial charge in [-0.3, -0.25) is 0 Å². The Bertz CT molecular complexity index is 241. The van der Waals surface area contributed by atoms with E-state index in [2.05, 4.69) is 76.2 Å². The van der Waals surface area contributed by atoms with Gasteiger partial charge in [0.25, 0.3) is 0 Å². The van der Waals surface area contributed by atoms with Crippen LogP contribution in [0.5, 0.6) is 0 Å². The minimum atomic E-state index is -0.0310. The van der Waals surface area contributed by atoms with Crippen LogP contribution in [-0.4, -0.2) is 4.75 Å². The average Bonchev–Trinajstić information content (AvgIpc) is 1.98. The molecule has 104 valence electrons. The van der Waals surface area contributed by atoms with Crippen molar-refractivity contribution in [2.24, 2.45) is 21.7 Å². The standard InChI is InChI=1S/C16H34S/c1-12(2,3)14(7,8)15(9,10)16(11,17)13(4,5)6/h17H,1-11H3. The van der Waals surface area contributed by atoms with Crippen molar-refractivity contribution < 1.29 is 0 Å². The summed E-state index contributed by atoms with van der Waals surface area (Å²) in [6.45, 7) is 25.7. The Morgan fingerprint density at radius 1 is 0.471 bits per heavy atom. The zero-order chi connectivity index (χ0) is 14.5. The summed E-state index contributed by atoms with van der Waals surface area (Å²) in [5.74, 6) is 0. The Labute approximate surface area is 115 Å². The van der Waals surface area contributed by atoms with Crippen molar-refractivity contribution in [2.45, 2.75) is 80.9 Å². The van der Waals surface area contributed by atoms with Gasteiger partial charge in [-0.25, -0.2) is 0 Å². The molecule has 0 aromatic rings. The topological polar surface area (TPSA) is 0 Å². The summed E-state index contributed by atoms with van der Waals surface area (Å²) in [6.07, 6.45) is 0. The lowest BCUT2D eigenvalue weighted by Gasteiger charge is -2.61. The molecule has 0 bridgehead atoms. The quantitative estimate of drug-likeness (QED) is 0.593. The van der Waals surface area contributed by atoms with Crippen LogP contribution in [0, 0.1) is 21.7 Å². The summed E-state index contributed by atoms with van der Waals surface area (Å²) in [6, 6.07) is 0. The van der Waals surface area contributed by atoms with E-state index >= 15 is 0 Å². The van der Waals surface area contributed by atoms with Crippen LogP contribution in [0.25, 0.3) is 0 Å². The fourth-order valence-electron chi connectivity index (χ4n) is 2.48. The molecule has 1 unspecified atom stereocenters. The van der Waals surface area contributed by atoms with E-state index in [4.69, 9.17) is 12.6 Å². The van der Waals surface area contributed by atoms with Gasteiger partial charge in [0.15, 0.2) is 0 Å². The second kappa shape index (κ2) is 4.18. The van der Waals surface area contributed by atoms with Crippen LogP contribution in [0.15, 0.2) is 0 Å². The largest absolute Gasteiger partial charge is 0.172 e. The molecule has 0 aliphatic carbocycles. The van der Waals surface area contributed by atoms with Crippen LogP contribution in [-0.2, 0) is 0 Å². The predicted octanol–water partition coefficient (Wildman–Crippen LogP) is 5.82. The Balaban J connectivity index is 5.73. The SMILES string of the molecule is CC(C)(C)C(C)(C)C(C)(C)C(C)(S)C(C)(C)C. The third kappa shape index (κ3) is 2.55. The number of rotatable bonds is 2. The smallest absolute Gasteiger partial charge is 0.0206 e. The second-order valence-corrected chi connectivity index (χ2v) is 9.72. The molecule has 17 heavy (non-hydrogen) atoms. The van der Waals surface area contributed by atoms with Crippen LogP contribution in [0.1, 0.15) is 76.2 Å². The van der Waals surface area contributed by atoms with Crippen molar-refractivity contribution in [3.63, 3.8) is 0 Å². The summed E-state index contributed by atoms with van der Waals surface area (Å²) >= 11 is 5.07. The monoisotopic (exact) mass is 258 g/mol. The fourth-order valence-corrected chi connectivity index (χ4v) is 2.76. The summed E-state index contributed by atoms with van der Waals surface area (Å²) in [5.41, 5.74) is 0.747. The zero-order valence-electron chi connectivity index (χ0n) is 13.9. The van der Waals surface area contributed by atoms with Gasteiger partial charge in [0.2, 0.25) is 0 Å². The summed E-state index contributed by atoms with van der Waals surface area (Å²) in [5, 5.41) is 0. The van der Waals surface area contributed by atoms with Crippen molar-refractivity contribution in [2.75, 3.05) is 0 Å². The average molecular weight is 259 g/mol. The molecule has 0 aromatic heterocycles. The molecule has 0 N–H and O–H groups in total. The van der Waals surface area contributed by atoms with E-state index in [9.17, 15) is 0 Å². The Morgan fingerprint density at radius 3 is 0.941 bits per heavy atom. The van der Waals surface area contributed by atoms with Crippen LogP contribution >= 0.6 is 12.6 Å². The lowest BCUT2D eigenvalue weighted by atomic mass is 9.48. The fraction of sp³-hybridized carbons (Fsp3) is 1.00. The number of hydrogen-bond donors (Lipinski definition) is 1. The van der Waals surface area contributed by atoms with Crippen molar-refractivity contribution >= 4 is 12.6 Å². The molecule has 0 aliphatic heterocycles. The highest BCUT2D eigenvalue weighted by atomic mass is 32.1. The molecule has 0 fully saturated rings. The van der Waals surface area contributed by atoms with E-state index in [1.54, 1.807) is 0 Å². The molecule has 0 rings (SSSR count). The van der Waals surface area contributed by atoms with Gasteiger partial charge in [0.05, 0.1) is 0 Å². The van der Waals surface area contributed by atoms with Gasteiger partial charge in [-0.05, 0) is 28.6 Å². The second-order valence-electron chi connectivity index (χ2n) is 8.82. The minimum Gasteiger partial charge on any atom is -0.172 e. The maximum atomic E-state index is 5.07. The van der Waals surface area contributed by atoms with Gasteiger partial charge in [-0.15, -0.1) is 0 Å². The molecule has 1 heteroatoms. The molecule has 0 saturated heterocycles. The predicted molar refractivity (Wildman–Crippen MR) is 83.9 cm³/mol. The molecular formula is C16H34S. The lowest BCUT2D eigenvalue weighted by Crippen LogP contribution is -2.58. The lowest BCUT2D eigenvalue weighted by molar-refractivity contribution is -0.0569. The van der Waals surface area contributed by atoms with E-state index < -0.39 is 0 Å². The van der Waals surface area contributed by atoms with Gasteiger partial charge < -0.3 is 0 Å². The maximum Gasteiger partial charge on any atom is 0.0206 e. The highest BCUT2D eigenvalue weighted by molar-refractivity contribution is 7.81. The Morgan fingerprint density at radius 2 is 0.765 bits per heavy atom. The first-order valence-electron chi connectivity index (χ1n) is 6.72. The van der Waals surface area contributed by atoms with Gasteiger partial charge in [0.1, 0.15) is 0 Å². The number of thiol groups is 1. The van der Waals surface area contributed by atoms with E-state index in [0.717, 1.165) is 0 Å². The van der Waals surface area contributed by atoms with Crippen molar-refractivity contribution in [1.82, 2.24) is 0 Å². The summed E-state index contributed by atoms with van der Waals surface area (Å²) in [4.78, 5) is 0. The highest BCUT2D eigenvalue weighted by Gasteiger charge is 2.57. The van der Waals surface area contributed by atoms with Gasteiger partial charge in [-0.2, -0.15) is 12.6 Å². The van der Waals surface area contributed by atoms with Gasteiger partial charge >= 0.3 is 0 Å². The van der Waals surface area contributed by atoms with Crippen molar-refractivity contribution in [3.8, 4) is 0 Å². The minimum absolute atomic E-state index is 0.0310. The normalized spacial score (nSPS) is 19.1. The Kier molecular flexibility index (Phi) is 4.27. The van der Waals surface area contributed by atoms with Crippen molar-refractivity contribution in [1.29, 1.82) is 0 Å². The molecule has 0 spiro atoms. The van der Waals surface area contributed by atoms with E-state index in [0.29, 0.717) is 0 Å². The summed E-state index contributed by atoms with van der Waals surface area (Å²) < 4.78 is -0.0310. The van der Waals surface area contributed by atoms with Crippen molar-refractivity contribution in [3.05, 3.63) is 0 Å². The van der Waals surface area contributed by atoms with E-state index in [-0.39, 0.29) is 26.4 Å². The van der Waals surface area contributed by atoms with Crippen LogP contribution in [0.3, 0.4) is 0 Å². The zero-order valence-corrected chi connectivity index (χ0v) is 14.8. The van der Waals surface area contributed by atoms with E-state index in [1.807, 2.05) is 0 Å². The maximum absolute atomic E-state index is 5.07. The number of hydrogen-bond acceptors (Lipinski definition) is 1. The molecule has 0 heterocycles. The van der Waals surface area contributed by atoms with Crippen LogP contribution in [0.2, 0.25) is 0 Å². The molecule has 0 amide bonds. The molecule has 0 nitrogen and oxygen atoms in total. The molecule has 0 aromatic carbocycles. The van der Waals surface area contributed by atoms with E-state index in [1.165, 1.54) is 0 Å². The first-order valence-corrected chi connectivity index (χ1v) is 7.17. The molecule has 0 saturated carbocycles. The summed E-state index contributed by atoms with van der Waals surface area (Å²) in [7, 11) is 0. The molecule has 0 radical (unpaired) electrons. The van der Waals surface area contributed by atoms with Crippen LogP contribution in [0.4, 0.5) is 0 Å². The Hall–Kier alpha value is 0.350. The van der Waals surface area contributed by atoms with Gasteiger partial charge in [0, 0.05) is 4.75 Å². The third-order valence-corrected chi connectivity index (χ3v) is 7.34. The van der Waals surface area contributed by atoms with Crippen LogP contribution < -0.4 is 0 Å². The molecule has 1 atom stereocenters. The molecule has 0 aliphatic rings. The van der Waals surface area contributed by atoms with Gasteiger partial charge in [-0.1, -0.05) is 69.2 Å². The third-order valence-electron chi connectivity index (χ3n) is 6.11. The first-order chi connectivity index (χ1) is 7.00.